The van der Waals surface area contributed by atoms with Crippen LogP contribution >= 0.6 is 0 Å². The van der Waals surface area contributed by atoms with Crippen molar-refractivity contribution in [3.63, 3.8) is 0 Å². The van der Waals surface area contributed by atoms with E-state index in [9.17, 15) is 0 Å². The van der Waals surface area contributed by atoms with E-state index in [0.29, 0.717) is 13.2 Å². The van der Waals surface area contributed by atoms with Gasteiger partial charge in [0.2, 0.25) is 5.79 Å². The second kappa shape index (κ2) is 5.24. The van der Waals surface area contributed by atoms with Gasteiger partial charge in [-0.25, -0.2) is 0 Å². The topological polar surface area (TPSA) is 18.5 Å². The Balaban J connectivity index is 2.05. The quantitative estimate of drug-likeness (QED) is 0.696. The summed E-state index contributed by atoms with van der Waals surface area (Å²) in [5, 5.41) is 2.39. The van der Waals surface area contributed by atoms with Crippen LogP contribution in [0.1, 0.15) is 16.7 Å². The summed E-state index contributed by atoms with van der Waals surface area (Å²) in [6.07, 6.45) is 0. The van der Waals surface area contributed by atoms with Crippen LogP contribution in [0.5, 0.6) is 0 Å². The van der Waals surface area contributed by atoms with Crippen molar-refractivity contribution in [3.05, 3.63) is 83.4 Å². The third kappa shape index (κ3) is 1.96. The largest absolute Gasteiger partial charge is 0.340 e. The Kier molecular flexibility index (Phi) is 3.21. The van der Waals surface area contributed by atoms with E-state index in [1.807, 2.05) is 18.2 Å². The third-order valence-electron chi connectivity index (χ3n) is 4.31. The summed E-state index contributed by atoms with van der Waals surface area (Å²) in [6.45, 7) is 3.34. The molecule has 0 N–H and O–H groups in total. The van der Waals surface area contributed by atoms with E-state index in [4.69, 9.17) is 9.47 Å². The molecule has 1 fully saturated rings. The van der Waals surface area contributed by atoms with Gasteiger partial charge in [0, 0.05) is 11.1 Å². The Morgan fingerprint density at radius 1 is 0.773 bits per heavy atom. The third-order valence-corrected chi connectivity index (χ3v) is 4.31. The molecule has 0 spiro atoms. The molecule has 2 heteroatoms. The normalized spacial score (nSPS) is 17.0. The maximum absolute atomic E-state index is 6.18. The Bertz CT molecular complexity index is 802. The molecule has 0 amide bonds. The van der Waals surface area contributed by atoms with Gasteiger partial charge in [0.05, 0.1) is 13.2 Å². The van der Waals surface area contributed by atoms with Crippen LogP contribution in [-0.2, 0) is 15.3 Å². The fraction of sp³-hybridized carbons (Fsp3) is 0.200. The predicted molar refractivity (Wildman–Crippen MR) is 87.8 cm³/mol. The van der Waals surface area contributed by atoms with Gasteiger partial charge in [-0.3, -0.25) is 0 Å². The molecule has 110 valence electrons. The maximum Gasteiger partial charge on any atom is 0.223 e. The van der Waals surface area contributed by atoms with E-state index < -0.39 is 5.79 Å². The fourth-order valence-corrected chi connectivity index (χ4v) is 3.34. The molecule has 0 aliphatic carbocycles. The average Bonchev–Trinajstić information content (AvgIpc) is 3.06. The zero-order chi connectivity index (χ0) is 15.0. The highest BCUT2D eigenvalue weighted by atomic mass is 16.7. The molecule has 0 saturated carbocycles. The van der Waals surface area contributed by atoms with Crippen molar-refractivity contribution in [1.82, 2.24) is 0 Å². The van der Waals surface area contributed by atoms with Gasteiger partial charge in [0.25, 0.3) is 0 Å². The number of benzene rings is 3. The Hall–Kier alpha value is -2.16. The standard InChI is InChI=1S/C20H18O2/c1-15-11-12-16-7-5-6-10-18(16)19(15)20(21-13-14-22-20)17-8-3-2-4-9-17/h2-12H,13-14H2,1H3. The summed E-state index contributed by atoms with van der Waals surface area (Å²) in [5.74, 6) is -0.799. The Labute approximate surface area is 130 Å². The summed E-state index contributed by atoms with van der Waals surface area (Å²) in [7, 11) is 0. The minimum Gasteiger partial charge on any atom is -0.340 e. The molecule has 1 saturated heterocycles. The molecule has 0 bridgehead atoms. The number of hydrogen-bond acceptors (Lipinski definition) is 2. The van der Waals surface area contributed by atoms with E-state index in [0.717, 1.165) is 11.1 Å². The van der Waals surface area contributed by atoms with Crippen molar-refractivity contribution in [3.8, 4) is 0 Å². The molecule has 1 aliphatic heterocycles. The molecule has 22 heavy (non-hydrogen) atoms. The molecule has 3 aromatic carbocycles. The summed E-state index contributed by atoms with van der Waals surface area (Å²) < 4.78 is 12.4. The molecule has 0 unspecified atom stereocenters. The SMILES string of the molecule is Cc1ccc2ccccc2c1C1(c2ccccc2)OCCO1. The molecule has 0 aromatic heterocycles. The lowest BCUT2D eigenvalue weighted by Crippen LogP contribution is -2.30. The lowest BCUT2D eigenvalue weighted by Gasteiger charge is -2.31. The Morgan fingerprint density at radius 2 is 1.45 bits per heavy atom. The molecule has 3 aromatic rings. The van der Waals surface area contributed by atoms with Crippen LogP contribution in [0.3, 0.4) is 0 Å². The molecular formula is C20H18O2. The monoisotopic (exact) mass is 290 g/mol. The molecular weight excluding hydrogens is 272 g/mol. The van der Waals surface area contributed by atoms with Crippen molar-refractivity contribution in [2.45, 2.75) is 12.7 Å². The first-order chi connectivity index (χ1) is 10.8. The first-order valence-electron chi connectivity index (χ1n) is 7.63. The first-order valence-corrected chi connectivity index (χ1v) is 7.63. The lowest BCUT2D eigenvalue weighted by atomic mass is 9.89. The smallest absolute Gasteiger partial charge is 0.223 e. The molecule has 1 heterocycles. The van der Waals surface area contributed by atoms with Crippen molar-refractivity contribution in [1.29, 1.82) is 0 Å². The number of hydrogen-bond donors (Lipinski definition) is 0. The summed E-state index contributed by atoms with van der Waals surface area (Å²) in [4.78, 5) is 0. The molecule has 2 nitrogen and oxygen atoms in total. The van der Waals surface area contributed by atoms with Gasteiger partial charge >= 0.3 is 0 Å². The van der Waals surface area contributed by atoms with Crippen molar-refractivity contribution >= 4 is 10.8 Å². The number of aryl methyl sites for hydroxylation is 1. The van der Waals surface area contributed by atoms with Crippen LogP contribution in [0.25, 0.3) is 10.8 Å². The molecule has 0 atom stereocenters. The minimum atomic E-state index is -0.799. The van der Waals surface area contributed by atoms with E-state index in [-0.39, 0.29) is 0 Å². The van der Waals surface area contributed by atoms with Crippen LogP contribution in [-0.4, -0.2) is 13.2 Å². The second-order valence-corrected chi connectivity index (χ2v) is 5.66. The van der Waals surface area contributed by atoms with Gasteiger partial charge in [-0.2, -0.15) is 0 Å². The average molecular weight is 290 g/mol. The highest BCUT2D eigenvalue weighted by Crippen LogP contribution is 2.43. The van der Waals surface area contributed by atoms with E-state index in [2.05, 4.69) is 55.5 Å². The van der Waals surface area contributed by atoms with Crippen LogP contribution in [0.2, 0.25) is 0 Å². The van der Waals surface area contributed by atoms with E-state index >= 15 is 0 Å². The predicted octanol–water partition coefficient (Wildman–Crippen LogP) is 4.40. The number of ether oxygens (including phenoxy) is 2. The van der Waals surface area contributed by atoms with Crippen LogP contribution in [0.15, 0.2) is 66.7 Å². The Morgan fingerprint density at radius 3 is 2.23 bits per heavy atom. The lowest BCUT2D eigenvalue weighted by molar-refractivity contribution is -0.129. The van der Waals surface area contributed by atoms with E-state index in [1.54, 1.807) is 0 Å². The first kappa shape index (κ1) is 13.5. The summed E-state index contributed by atoms with van der Waals surface area (Å²) in [5.41, 5.74) is 3.35. The van der Waals surface area contributed by atoms with Crippen molar-refractivity contribution in [2.24, 2.45) is 0 Å². The molecule has 4 rings (SSSR count). The van der Waals surface area contributed by atoms with Gasteiger partial charge in [-0.1, -0.05) is 66.7 Å². The highest BCUT2D eigenvalue weighted by molar-refractivity contribution is 5.88. The van der Waals surface area contributed by atoms with Crippen LogP contribution in [0.4, 0.5) is 0 Å². The zero-order valence-corrected chi connectivity index (χ0v) is 12.6. The van der Waals surface area contributed by atoms with E-state index in [1.165, 1.54) is 16.3 Å². The summed E-state index contributed by atoms with van der Waals surface area (Å²) in [6, 6.07) is 22.9. The van der Waals surface area contributed by atoms with Crippen molar-refractivity contribution in [2.75, 3.05) is 13.2 Å². The van der Waals surface area contributed by atoms with Crippen molar-refractivity contribution < 1.29 is 9.47 Å². The van der Waals surface area contributed by atoms with Crippen LogP contribution in [0, 0.1) is 6.92 Å². The van der Waals surface area contributed by atoms with Gasteiger partial charge in [0.15, 0.2) is 0 Å². The highest BCUT2D eigenvalue weighted by Gasteiger charge is 2.42. The molecule has 1 aliphatic rings. The fourth-order valence-electron chi connectivity index (χ4n) is 3.34. The second-order valence-electron chi connectivity index (χ2n) is 5.66. The van der Waals surface area contributed by atoms with Gasteiger partial charge in [-0.05, 0) is 23.3 Å². The van der Waals surface area contributed by atoms with Crippen LogP contribution < -0.4 is 0 Å². The number of fused-ring (bicyclic) bond motifs is 1. The van der Waals surface area contributed by atoms with Gasteiger partial charge < -0.3 is 9.47 Å². The zero-order valence-electron chi connectivity index (χ0n) is 12.6. The summed E-state index contributed by atoms with van der Waals surface area (Å²) >= 11 is 0. The molecule has 0 radical (unpaired) electrons. The number of rotatable bonds is 2. The maximum atomic E-state index is 6.18. The minimum absolute atomic E-state index is 0.609. The van der Waals surface area contributed by atoms with Gasteiger partial charge in [-0.15, -0.1) is 0 Å². The van der Waals surface area contributed by atoms with Gasteiger partial charge in [0.1, 0.15) is 0 Å².